The van der Waals surface area contributed by atoms with Crippen molar-refractivity contribution in [1.82, 2.24) is 9.55 Å². The van der Waals surface area contributed by atoms with Gasteiger partial charge in [0.2, 0.25) is 0 Å². The van der Waals surface area contributed by atoms with Crippen molar-refractivity contribution in [3.05, 3.63) is 42.0 Å². The zero-order valence-corrected chi connectivity index (χ0v) is 11.9. The first-order valence-electron chi connectivity index (χ1n) is 6.17. The molecule has 0 saturated heterocycles. The van der Waals surface area contributed by atoms with E-state index in [-0.39, 0.29) is 0 Å². The Kier molecular flexibility index (Phi) is 4.16. The number of hydrogen-bond acceptors (Lipinski definition) is 3. The molecule has 2 aromatic rings. The minimum Gasteiger partial charge on any atom is -0.497 e. The summed E-state index contributed by atoms with van der Waals surface area (Å²) in [6, 6.07) is 5.66. The zero-order chi connectivity index (χ0) is 13.8. The summed E-state index contributed by atoms with van der Waals surface area (Å²) < 4.78 is 7.28. The van der Waals surface area contributed by atoms with E-state index in [1.54, 1.807) is 13.3 Å². The number of aryl methyl sites for hydroxylation is 1. The quantitative estimate of drug-likeness (QED) is 0.852. The highest BCUT2D eigenvalue weighted by molar-refractivity contribution is 7.80. The molecule has 0 aliphatic heterocycles. The summed E-state index contributed by atoms with van der Waals surface area (Å²) in [5, 5.41) is 0. The fraction of sp³-hybridized carbons (Fsp3) is 0.286. The smallest absolute Gasteiger partial charge is 0.120 e. The van der Waals surface area contributed by atoms with E-state index in [0.717, 1.165) is 35.7 Å². The third-order valence-corrected chi connectivity index (χ3v) is 3.14. The van der Waals surface area contributed by atoms with Crippen molar-refractivity contribution < 1.29 is 4.74 Å². The molecule has 2 N–H and O–H groups in total. The summed E-state index contributed by atoms with van der Waals surface area (Å²) in [5.41, 5.74) is 7.53. The highest BCUT2D eigenvalue weighted by Crippen LogP contribution is 2.23. The molecule has 5 heteroatoms. The number of thiocarbonyl (C=S) groups is 1. The van der Waals surface area contributed by atoms with Gasteiger partial charge in [0.15, 0.2) is 0 Å². The summed E-state index contributed by atoms with van der Waals surface area (Å²) in [5.74, 6) is 1.76. The molecule has 0 fully saturated rings. The summed E-state index contributed by atoms with van der Waals surface area (Å²) in [7, 11) is 1.64. The lowest BCUT2D eigenvalue weighted by atomic mass is 10.1. The molecule has 0 spiro atoms. The molecule has 0 atom stereocenters. The van der Waals surface area contributed by atoms with Crippen molar-refractivity contribution in [2.24, 2.45) is 5.73 Å². The summed E-state index contributed by atoms with van der Waals surface area (Å²) in [6.07, 6.45) is 5.64. The van der Waals surface area contributed by atoms with Gasteiger partial charge >= 0.3 is 0 Å². The molecule has 100 valence electrons. The van der Waals surface area contributed by atoms with Gasteiger partial charge in [0.05, 0.1) is 12.8 Å². The Morgan fingerprint density at radius 3 is 2.89 bits per heavy atom. The average Bonchev–Trinajstić information content (AvgIpc) is 2.86. The molecule has 0 aliphatic carbocycles. The number of rotatable bonds is 5. The third kappa shape index (κ3) is 2.76. The lowest BCUT2D eigenvalue weighted by Crippen LogP contribution is -2.14. The van der Waals surface area contributed by atoms with Crippen LogP contribution in [0.5, 0.6) is 5.75 Å². The fourth-order valence-corrected chi connectivity index (χ4v) is 2.18. The van der Waals surface area contributed by atoms with Crippen LogP contribution in [-0.2, 0) is 6.42 Å². The first-order valence-corrected chi connectivity index (χ1v) is 6.58. The molecule has 0 aliphatic rings. The monoisotopic (exact) mass is 275 g/mol. The van der Waals surface area contributed by atoms with Crippen LogP contribution in [0.3, 0.4) is 0 Å². The molecule has 1 heterocycles. The molecule has 4 nitrogen and oxygen atoms in total. The minimum atomic E-state index is 0.369. The molecule has 1 aromatic heterocycles. The number of aromatic nitrogens is 2. The molecular formula is C14H17N3OS. The maximum absolute atomic E-state index is 5.79. The van der Waals surface area contributed by atoms with E-state index in [0.29, 0.717) is 4.99 Å². The summed E-state index contributed by atoms with van der Waals surface area (Å²) >= 11 is 5.11. The number of methoxy groups -OCH3 is 1. The van der Waals surface area contributed by atoms with Crippen molar-refractivity contribution in [1.29, 1.82) is 0 Å². The van der Waals surface area contributed by atoms with E-state index < -0.39 is 0 Å². The number of ether oxygens (including phenoxy) is 1. The Hall–Kier alpha value is -1.88. The van der Waals surface area contributed by atoms with Crippen LogP contribution in [0, 0.1) is 0 Å². The molecule has 19 heavy (non-hydrogen) atoms. The molecular weight excluding hydrogens is 258 g/mol. The molecule has 2 rings (SSSR count). The van der Waals surface area contributed by atoms with E-state index in [2.05, 4.69) is 11.9 Å². The van der Waals surface area contributed by atoms with Crippen LogP contribution < -0.4 is 10.5 Å². The molecule has 0 saturated carbocycles. The van der Waals surface area contributed by atoms with Gasteiger partial charge in [-0.3, -0.25) is 0 Å². The van der Waals surface area contributed by atoms with E-state index in [9.17, 15) is 0 Å². The van der Waals surface area contributed by atoms with Gasteiger partial charge in [0, 0.05) is 30.4 Å². The van der Waals surface area contributed by atoms with Crippen LogP contribution in [0.1, 0.15) is 24.7 Å². The van der Waals surface area contributed by atoms with Crippen LogP contribution in [0.15, 0.2) is 30.6 Å². The van der Waals surface area contributed by atoms with E-state index in [1.165, 1.54) is 0 Å². The predicted octanol–water partition coefficient (Wildman–Crippen LogP) is 2.47. The molecule has 0 unspecified atom stereocenters. The first kappa shape index (κ1) is 13.5. The van der Waals surface area contributed by atoms with E-state index in [4.69, 9.17) is 22.7 Å². The van der Waals surface area contributed by atoms with Gasteiger partial charge in [-0.2, -0.15) is 0 Å². The Morgan fingerprint density at radius 2 is 2.26 bits per heavy atom. The molecule has 0 radical (unpaired) electrons. The van der Waals surface area contributed by atoms with Gasteiger partial charge in [0.25, 0.3) is 0 Å². The Morgan fingerprint density at radius 1 is 1.47 bits per heavy atom. The predicted molar refractivity (Wildman–Crippen MR) is 80.0 cm³/mol. The van der Waals surface area contributed by atoms with Crippen molar-refractivity contribution in [2.75, 3.05) is 7.11 Å². The van der Waals surface area contributed by atoms with Crippen LogP contribution in [0.25, 0.3) is 5.69 Å². The Labute approximate surface area is 118 Å². The number of imidazole rings is 1. The van der Waals surface area contributed by atoms with Crippen LogP contribution in [0.4, 0.5) is 0 Å². The average molecular weight is 275 g/mol. The second-order valence-electron chi connectivity index (χ2n) is 4.21. The number of nitrogens with two attached hydrogens (primary N) is 1. The molecule has 0 amide bonds. The molecule has 0 bridgehead atoms. The summed E-state index contributed by atoms with van der Waals surface area (Å²) in [6.45, 7) is 2.12. The summed E-state index contributed by atoms with van der Waals surface area (Å²) in [4.78, 5) is 4.75. The van der Waals surface area contributed by atoms with E-state index >= 15 is 0 Å². The number of benzene rings is 1. The fourth-order valence-electron chi connectivity index (χ4n) is 2.01. The van der Waals surface area contributed by atoms with Crippen molar-refractivity contribution in [3.63, 3.8) is 0 Å². The van der Waals surface area contributed by atoms with Gasteiger partial charge in [0.1, 0.15) is 16.6 Å². The van der Waals surface area contributed by atoms with Gasteiger partial charge in [-0.1, -0.05) is 19.1 Å². The van der Waals surface area contributed by atoms with Crippen molar-refractivity contribution in [2.45, 2.75) is 19.8 Å². The Bertz CT molecular complexity index is 592. The lowest BCUT2D eigenvalue weighted by molar-refractivity contribution is 0.414. The second-order valence-corrected chi connectivity index (χ2v) is 4.65. The van der Waals surface area contributed by atoms with Gasteiger partial charge in [-0.05, 0) is 18.6 Å². The van der Waals surface area contributed by atoms with Crippen LogP contribution in [0.2, 0.25) is 0 Å². The van der Waals surface area contributed by atoms with Gasteiger partial charge in [-0.15, -0.1) is 0 Å². The second kappa shape index (κ2) is 5.84. The molecule has 1 aromatic carbocycles. The number of hydrogen-bond donors (Lipinski definition) is 1. The third-order valence-electron chi connectivity index (χ3n) is 2.92. The Balaban J connectivity index is 2.58. The van der Waals surface area contributed by atoms with Crippen LogP contribution >= 0.6 is 12.2 Å². The first-order chi connectivity index (χ1) is 9.17. The van der Waals surface area contributed by atoms with Gasteiger partial charge < -0.3 is 15.0 Å². The highest BCUT2D eigenvalue weighted by atomic mass is 32.1. The van der Waals surface area contributed by atoms with Crippen LogP contribution in [-0.4, -0.2) is 21.6 Å². The van der Waals surface area contributed by atoms with Gasteiger partial charge in [-0.25, -0.2) is 4.98 Å². The van der Waals surface area contributed by atoms with Crippen molar-refractivity contribution >= 4 is 17.2 Å². The van der Waals surface area contributed by atoms with Crippen molar-refractivity contribution in [3.8, 4) is 11.4 Å². The minimum absolute atomic E-state index is 0.369. The van der Waals surface area contributed by atoms with E-state index in [1.807, 2.05) is 29.0 Å². The SMILES string of the molecule is CCCc1nccn1-c1cc(OC)ccc1C(N)=S. The maximum Gasteiger partial charge on any atom is 0.120 e. The standard InChI is InChI=1S/C14H17N3OS/c1-3-4-13-16-7-8-17(13)12-9-10(18-2)5-6-11(12)14(15)19/h5-9H,3-4H2,1-2H3,(H2,15,19). The normalized spacial score (nSPS) is 10.4. The largest absolute Gasteiger partial charge is 0.497 e. The lowest BCUT2D eigenvalue weighted by Gasteiger charge is -2.13. The highest BCUT2D eigenvalue weighted by Gasteiger charge is 2.12. The maximum atomic E-state index is 5.79. The zero-order valence-electron chi connectivity index (χ0n) is 11.1. The topological polar surface area (TPSA) is 53.1 Å². The number of nitrogens with zero attached hydrogens (tertiary/aromatic N) is 2.